The predicted molar refractivity (Wildman–Crippen MR) is 495 cm³/mol. The lowest BCUT2D eigenvalue weighted by atomic mass is 9.48. The van der Waals surface area contributed by atoms with Crippen molar-refractivity contribution in [2.45, 2.75) is 241 Å². The summed E-state index contributed by atoms with van der Waals surface area (Å²) in [5.41, 5.74) is 1.31. The Kier molecular flexibility index (Phi) is 22.8. The first kappa shape index (κ1) is 90.7. The summed E-state index contributed by atoms with van der Waals surface area (Å²) in [6.45, 7) is 5.03. The Bertz CT molecular complexity index is 5350. The summed E-state index contributed by atoms with van der Waals surface area (Å²) in [6, 6.07) is 37.5. The first-order valence-electron chi connectivity index (χ1n) is 48.8. The standard InChI is InChI=1S/C112H120O24/c1-105-35-61-23-62(36-105)44-109(43-61,57-105)133-93(119)53-129-101(123)73-15-7-69(8-16-73)97-80-30-82(88(116)28-78(80)52-114)99(71-11-19-75(20-12-71)103(125)131-55-95(121)135-111-47-65-25-66(48-111)40-107(3,39-65)59-111)86-32-84(90(118)34-92(86)128-6)100(72-13-21-76(22-14-72)104(126)132-56-96(122)136-112-49-67-26-68(50-112)42-108(4,41-67)60-112)85-31-83(89(117)33-91(85)127-5)98(79-29-81(97)87(115)27-77(79)51-113)70-9-17-74(18-10-70)102(124)130-54-94(120)134-110-45-63-24-64(46-110)38-106(2,37-63)58-110/h7-22,27-34,61-68,97-100,113-118H,23-26,35-60H2,1-6H3. The summed E-state index contributed by atoms with van der Waals surface area (Å²) in [5, 5.41) is 76.8. The van der Waals surface area contributed by atoms with E-state index in [1.165, 1.54) is 87.0 Å². The molecule has 24 bridgehead atoms. The number of aliphatic hydroxyl groups is 2. The average Bonchev–Trinajstić information content (AvgIpc) is 0.733. The van der Waals surface area contributed by atoms with E-state index in [1.54, 1.807) is 72.8 Å². The van der Waals surface area contributed by atoms with Crippen LogP contribution in [0.1, 0.15) is 325 Å². The molecule has 25 rings (SSSR count). The topological polar surface area (TPSA) is 350 Å². The van der Waals surface area contributed by atoms with Gasteiger partial charge in [0.25, 0.3) is 0 Å². The van der Waals surface area contributed by atoms with E-state index in [4.69, 9.17) is 47.4 Å². The largest absolute Gasteiger partial charge is 0.508 e. The number of hydrogen-bond donors (Lipinski definition) is 6. The molecule has 0 radical (unpaired) electrons. The fourth-order valence-corrected chi connectivity index (χ4v) is 31.3. The van der Waals surface area contributed by atoms with Gasteiger partial charge in [0.2, 0.25) is 0 Å². The van der Waals surface area contributed by atoms with Gasteiger partial charge in [-0.1, -0.05) is 76.2 Å². The summed E-state index contributed by atoms with van der Waals surface area (Å²) in [5.74, 6) is -8.57. The highest BCUT2D eigenvalue weighted by molar-refractivity contribution is 5.93. The third-order valence-corrected chi connectivity index (χ3v) is 33.9. The van der Waals surface area contributed by atoms with Crippen LogP contribution in [0.15, 0.2) is 146 Å². The van der Waals surface area contributed by atoms with Crippen molar-refractivity contribution in [2.75, 3.05) is 40.6 Å². The Labute approximate surface area is 790 Å². The molecular formula is C112H120O24. The smallest absolute Gasteiger partial charge is 0.344 e. The van der Waals surface area contributed by atoms with Crippen LogP contribution in [0.4, 0.5) is 0 Å². The number of aliphatic hydroxyl groups excluding tert-OH is 2. The van der Waals surface area contributed by atoms with Gasteiger partial charge in [0, 0.05) is 69.2 Å². The number of methoxy groups -OCH3 is 2. The molecule has 712 valence electrons. The fourth-order valence-electron chi connectivity index (χ4n) is 31.3. The summed E-state index contributed by atoms with van der Waals surface area (Å²) >= 11 is 0. The number of fused-ring (bicyclic) bond motifs is 8. The highest BCUT2D eigenvalue weighted by atomic mass is 16.6. The Morgan fingerprint density at radius 1 is 0.279 bits per heavy atom. The molecule has 0 spiro atoms. The van der Waals surface area contributed by atoms with E-state index in [2.05, 4.69) is 27.7 Å². The minimum Gasteiger partial charge on any atom is -0.508 e. The Morgan fingerprint density at radius 2 is 0.485 bits per heavy atom. The maximum Gasteiger partial charge on any atom is 0.344 e. The fraction of sp³-hybridized carbons (Fsp3) is 0.500. The van der Waals surface area contributed by atoms with Crippen molar-refractivity contribution in [2.24, 2.45) is 69.0 Å². The second-order valence-electron chi connectivity index (χ2n) is 45.1. The molecule has 17 aliphatic carbocycles. The van der Waals surface area contributed by atoms with E-state index < -0.39 is 139 Å². The molecule has 0 aromatic heterocycles. The van der Waals surface area contributed by atoms with Crippen molar-refractivity contribution in [3.8, 4) is 34.5 Å². The molecule has 8 aromatic carbocycles. The van der Waals surface area contributed by atoms with Crippen molar-refractivity contribution in [3.63, 3.8) is 0 Å². The van der Waals surface area contributed by atoms with Crippen LogP contribution < -0.4 is 9.47 Å². The minimum absolute atomic E-state index is 0.0352. The number of phenols is 4. The van der Waals surface area contributed by atoms with Crippen LogP contribution >= 0.6 is 0 Å². The van der Waals surface area contributed by atoms with E-state index in [1.807, 2.05) is 0 Å². The molecule has 17 aliphatic rings. The molecule has 0 amide bonds. The Morgan fingerprint density at radius 3 is 0.691 bits per heavy atom. The Hall–Kier alpha value is -11.8. The van der Waals surface area contributed by atoms with Crippen molar-refractivity contribution in [1.82, 2.24) is 0 Å². The maximum absolute atomic E-state index is 14.4. The summed E-state index contributed by atoms with van der Waals surface area (Å²) < 4.78 is 61.0. The predicted octanol–water partition coefficient (Wildman–Crippen LogP) is 18.8. The van der Waals surface area contributed by atoms with Gasteiger partial charge in [-0.2, -0.15) is 0 Å². The molecule has 8 aromatic rings. The first-order valence-corrected chi connectivity index (χ1v) is 48.8. The molecule has 6 N–H and O–H groups in total. The lowest BCUT2D eigenvalue weighted by Gasteiger charge is -2.60. The van der Waals surface area contributed by atoms with Crippen molar-refractivity contribution in [1.29, 1.82) is 0 Å². The highest BCUT2D eigenvalue weighted by Gasteiger charge is 2.62. The van der Waals surface area contributed by atoms with Crippen LogP contribution in [0.3, 0.4) is 0 Å². The molecule has 136 heavy (non-hydrogen) atoms. The first-order chi connectivity index (χ1) is 65.1. The van der Waals surface area contributed by atoms with Crippen LogP contribution in [-0.4, -0.2) is 141 Å². The quantitative estimate of drug-likeness (QED) is 0.0242. The monoisotopic (exact) mass is 1850 g/mol. The number of esters is 8. The third kappa shape index (κ3) is 17.1. The van der Waals surface area contributed by atoms with Gasteiger partial charge < -0.3 is 78.0 Å². The van der Waals surface area contributed by atoms with Gasteiger partial charge in [-0.05, 0) is 353 Å². The maximum atomic E-state index is 14.4. The summed E-state index contributed by atoms with van der Waals surface area (Å²) in [4.78, 5) is 113. The van der Waals surface area contributed by atoms with Gasteiger partial charge in [0.1, 0.15) is 56.9 Å². The number of phenolic OH excluding ortho intramolecular Hbond substituents is 4. The van der Waals surface area contributed by atoms with Gasteiger partial charge in [-0.25, -0.2) is 38.4 Å². The molecular weight excluding hydrogens is 1730 g/mol. The highest BCUT2D eigenvalue weighted by Crippen LogP contribution is 2.68. The number of benzene rings is 8. The molecule has 12 atom stereocenters. The third-order valence-electron chi connectivity index (χ3n) is 33.9. The lowest BCUT2D eigenvalue weighted by Crippen LogP contribution is -2.56. The zero-order valence-corrected chi connectivity index (χ0v) is 78.0. The molecule has 16 saturated carbocycles. The second-order valence-corrected chi connectivity index (χ2v) is 45.1. The van der Waals surface area contributed by atoms with E-state index in [0.29, 0.717) is 69.6 Å². The van der Waals surface area contributed by atoms with E-state index in [-0.39, 0.29) is 128 Å². The molecule has 16 fully saturated rings. The lowest BCUT2D eigenvalue weighted by molar-refractivity contribution is -0.202. The average molecular weight is 1850 g/mol. The summed E-state index contributed by atoms with van der Waals surface area (Å²) in [6.07, 6.45) is 22.4. The zero-order valence-electron chi connectivity index (χ0n) is 78.0. The normalized spacial score (nSPS) is 32.2. The van der Waals surface area contributed by atoms with Gasteiger partial charge >= 0.3 is 47.8 Å². The summed E-state index contributed by atoms with van der Waals surface area (Å²) in [7, 11) is 2.80. The van der Waals surface area contributed by atoms with E-state index in [0.717, 1.165) is 154 Å². The van der Waals surface area contributed by atoms with Crippen molar-refractivity contribution >= 4 is 47.8 Å². The van der Waals surface area contributed by atoms with Gasteiger partial charge in [0.15, 0.2) is 26.4 Å². The van der Waals surface area contributed by atoms with Crippen molar-refractivity contribution < 1.29 is 116 Å². The number of aromatic hydroxyl groups is 4. The molecule has 24 heteroatoms. The van der Waals surface area contributed by atoms with Gasteiger partial charge in [-0.3, -0.25) is 0 Å². The van der Waals surface area contributed by atoms with Crippen LogP contribution in [-0.2, 0) is 70.3 Å². The molecule has 24 nitrogen and oxygen atoms in total. The van der Waals surface area contributed by atoms with Gasteiger partial charge in [0.05, 0.1) is 49.7 Å². The van der Waals surface area contributed by atoms with E-state index in [9.17, 15) is 69.0 Å². The molecule has 0 heterocycles. The second kappa shape index (κ2) is 34.1. The number of carbonyl (C=O) groups is 8. The van der Waals surface area contributed by atoms with Crippen LogP contribution in [0.2, 0.25) is 0 Å². The van der Waals surface area contributed by atoms with Crippen molar-refractivity contribution in [3.05, 3.63) is 246 Å². The van der Waals surface area contributed by atoms with Crippen LogP contribution in [0.5, 0.6) is 34.5 Å². The Balaban J connectivity index is 0.686. The van der Waals surface area contributed by atoms with E-state index >= 15 is 0 Å². The minimum atomic E-state index is -1.25. The number of ether oxygens (including phenoxy) is 10. The number of hydrogen-bond acceptors (Lipinski definition) is 24. The number of carbonyl (C=O) groups excluding carboxylic acids is 8. The SMILES string of the molecule is COc1cc(O)c2cc1C(c1ccc(C(=O)OCC(=O)OC34CC5CC(CC(C)(C5)C3)C4)cc1)c1cc(c(OC)cc1O)C(c1ccc(C(=O)OCC(=O)OC34CC5CC(CC(C)(C5)C3)C4)cc1)c1cc(c(CO)cc1O)C(c1ccc(C(=O)OCC(=O)OC34CC5CC(CC(C)(C5)C3)C4)cc1)c1cc(c(CO)cc1O)C2c1ccc(C(=O)OCC(=O)OC23CC4CC(CC(C)(C4)C2)C3)cc1. The zero-order chi connectivity index (χ0) is 94.7. The molecule has 0 aliphatic heterocycles. The van der Waals surface area contributed by atoms with Gasteiger partial charge in [-0.15, -0.1) is 0 Å². The molecule has 12 unspecified atom stereocenters. The number of rotatable bonds is 24. The van der Waals surface area contributed by atoms with Crippen LogP contribution in [0, 0.1) is 69.0 Å². The molecule has 0 saturated heterocycles. The van der Waals surface area contributed by atoms with Crippen LogP contribution in [0.25, 0.3) is 0 Å².